The number of nitrogens with zero attached hydrogens (tertiary/aromatic N) is 1. The van der Waals surface area contributed by atoms with Gasteiger partial charge in [0.1, 0.15) is 5.60 Å². The van der Waals surface area contributed by atoms with Crippen LogP contribution in [-0.2, 0) is 13.8 Å². The fourth-order valence-electron chi connectivity index (χ4n) is 2.10. The van der Waals surface area contributed by atoms with E-state index in [1.54, 1.807) is 4.90 Å². The number of hydrogen-bond acceptors (Lipinski definition) is 4. The van der Waals surface area contributed by atoms with E-state index in [1.807, 2.05) is 20.8 Å². The molecule has 0 bridgehead atoms. The standard InChI is InChI=1S/C12H22ClNO4S/c1-12(2,3)18-11(15)14-7-4-5-10(9-14)6-8-19(13,16)17/h10H,4-9H2,1-3H3. The van der Waals surface area contributed by atoms with Crippen LogP contribution in [0.2, 0.25) is 0 Å². The first kappa shape index (κ1) is 16.6. The number of hydrogen-bond donors (Lipinski definition) is 0. The number of carbonyl (C=O) groups excluding carboxylic acids is 1. The van der Waals surface area contributed by atoms with E-state index in [0.717, 1.165) is 12.8 Å². The van der Waals surface area contributed by atoms with Gasteiger partial charge < -0.3 is 9.64 Å². The second-order valence-electron chi connectivity index (χ2n) is 5.97. The molecule has 0 aromatic rings. The minimum Gasteiger partial charge on any atom is -0.444 e. The molecule has 1 aliphatic heterocycles. The third kappa shape index (κ3) is 7.01. The molecule has 7 heteroatoms. The van der Waals surface area contributed by atoms with Gasteiger partial charge >= 0.3 is 6.09 Å². The summed E-state index contributed by atoms with van der Waals surface area (Å²) in [6, 6.07) is 0. The lowest BCUT2D eigenvalue weighted by atomic mass is 9.96. The maximum atomic E-state index is 11.9. The molecule has 0 aliphatic carbocycles. The number of carbonyl (C=O) groups is 1. The van der Waals surface area contributed by atoms with Crippen LogP contribution >= 0.6 is 10.7 Å². The van der Waals surface area contributed by atoms with Gasteiger partial charge in [0.2, 0.25) is 9.05 Å². The lowest BCUT2D eigenvalue weighted by molar-refractivity contribution is 0.0165. The first-order chi connectivity index (χ1) is 8.57. The topological polar surface area (TPSA) is 63.7 Å². The molecule has 1 aliphatic rings. The molecule has 1 atom stereocenters. The van der Waals surface area contributed by atoms with Crippen molar-refractivity contribution in [1.29, 1.82) is 0 Å². The highest BCUT2D eigenvalue weighted by molar-refractivity contribution is 8.13. The van der Waals surface area contributed by atoms with Crippen LogP contribution in [-0.4, -0.2) is 43.9 Å². The van der Waals surface area contributed by atoms with Crippen molar-refractivity contribution >= 4 is 25.8 Å². The molecule has 5 nitrogen and oxygen atoms in total. The Labute approximate surface area is 119 Å². The maximum Gasteiger partial charge on any atom is 0.410 e. The van der Waals surface area contributed by atoms with Gasteiger partial charge in [-0.25, -0.2) is 13.2 Å². The molecule has 0 aromatic heterocycles. The van der Waals surface area contributed by atoms with Crippen LogP contribution in [0.25, 0.3) is 0 Å². The smallest absolute Gasteiger partial charge is 0.410 e. The fraction of sp³-hybridized carbons (Fsp3) is 0.917. The van der Waals surface area contributed by atoms with Crippen molar-refractivity contribution in [2.24, 2.45) is 5.92 Å². The zero-order chi connectivity index (χ0) is 14.7. The van der Waals surface area contributed by atoms with Crippen molar-refractivity contribution < 1.29 is 17.9 Å². The van der Waals surface area contributed by atoms with Gasteiger partial charge in [0, 0.05) is 23.8 Å². The summed E-state index contributed by atoms with van der Waals surface area (Å²) >= 11 is 0. The number of amides is 1. The SMILES string of the molecule is CC(C)(C)OC(=O)N1CCCC(CCS(=O)(=O)Cl)C1. The minimum atomic E-state index is -3.45. The van der Waals surface area contributed by atoms with Crippen molar-refractivity contribution in [3.8, 4) is 0 Å². The summed E-state index contributed by atoms with van der Waals surface area (Å²) in [7, 11) is 1.75. The highest BCUT2D eigenvalue weighted by Gasteiger charge is 2.28. The predicted molar refractivity (Wildman–Crippen MR) is 74.8 cm³/mol. The fourth-order valence-corrected chi connectivity index (χ4v) is 2.98. The Hall–Kier alpha value is -0.490. The van der Waals surface area contributed by atoms with Gasteiger partial charge in [-0.2, -0.15) is 0 Å². The van der Waals surface area contributed by atoms with E-state index in [4.69, 9.17) is 15.4 Å². The lowest BCUT2D eigenvalue weighted by Crippen LogP contribution is -2.43. The summed E-state index contributed by atoms with van der Waals surface area (Å²) in [5.41, 5.74) is -0.510. The van der Waals surface area contributed by atoms with Crippen LogP contribution in [0.4, 0.5) is 4.79 Å². The Morgan fingerprint density at radius 1 is 1.42 bits per heavy atom. The van der Waals surface area contributed by atoms with Gasteiger partial charge in [-0.05, 0) is 46.0 Å². The molecular formula is C12H22ClNO4S. The molecule has 1 heterocycles. The second kappa shape index (κ2) is 6.31. The highest BCUT2D eigenvalue weighted by atomic mass is 35.7. The molecular weight excluding hydrogens is 290 g/mol. The molecule has 1 rings (SSSR count). The van der Waals surface area contributed by atoms with E-state index in [9.17, 15) is 13.2 Å². The molecule has 1 amide bonds. The Bertz CT molecular complexity index is 416. The van der Waals surface area contributed by atoms with E-state index >= 15 is 0 Å². The van der Waals surface area contributed by atoms with Crippen molar-refractivity contribution in [2.75, 3.05) is 18.8 Å². The first-order valence-corrected chi connectivity index (χ1v) is 8.95. The Kier molecular flexibility index (Phi) is 5.50. The molecule has 1 fully saturated rings. The maximum absolute atomic E-state index is 11.9. The summed E-state index contributed by atoms with van der Waals surface area (Å²) in [5, 5.41) is 0. The zero-order valence-electron chi connectivity index (χ0n) is 11.7. The molecule has 0 N–H and O–H groups in total. The van der Waals surface area contributed by atoms with E-state index in [-0.39, 0.29) is 17.8 Å². The molecule has 112 valence electrons. The van der Waals surface area contributed by atoms with Crippen molar-refractivity contribution in [2.45, 2.75) is 45.6 Å². The lowest BCUT2D eigenvalue weighted by Gasteiger charge is -2.34. The average Bonchev–Trinajstić information content (AvgIpc) is 2.23. The third-order valence-electron chi connectivity index (χ3n) is 2.94. The van der Waals surface area contributed by atoms with Gasteiger partial charge in [0.25, 0.3) is 0 Å². The van der Waals surface area contributed by atoms with E-state index in [0.29, 0.717) is 19.5 Å². The quantitative estimate of drug-likeness (QED) is 0.752. The summed E-state index contributed by atoms with van der Waals surface area (Å²) in [6.45, 7) is 6.69. The Balaban J connectivity index is 2.48. The number of rotatable bonds is 3. The summed E-state index contributed by atoms with van der Waals surface area (Å²) < 4.78 is 27.2. The summed E-state index contributed by atoms with van der Waals surface area (Å²) in [5.74, 6) is 0.135. The first-order valence-electron chi connectivity index (χ1n) is 6.47. The van der Waals surface area contributed by atoms with E-state index < -0.39 is 14.7 Å². The van der Waals surface area contributed by atoms with Gasteiger partial charge in [-0.3, -0.25) is 0 Å². The Morgan fingerprint density at radius 2 is 2.05 bits per heavy atom. The molecule has 19 heavy (non-hydrogen) atoms. The second-order valence-corrected chi connectivity index (χ2v) is 8.86. The molecule has 1 saturated heterocycles. The van der Waals surface area contributed by atoms with Crippen LogP contribution in [0.5, 0.6) is 0 Å². The largest absolute Gasteiger partial charge is 0.444 e. The number of piperidine rings is 1. The number of likely N-dealkylation sites (tertiary alicyclic amines) is 1. The Morgan fingerprint density at radius 3 is 2.58 bits per heavy atom. The third-order valence-corrected chi connectivity index (χ3v) is 4.13. The molecule has 0 spiro atoms. The molecule has 0 saturated carbocycles. The van der Waals surface area contributed by atoms with Crippen molar-refractivity contribution in [1.82, 2.24) is 4.90 Å². The minimum absolute atomic E-state index is 0.0403. The van der Waals surface area contributed by atoms with Gasteiger partial charge in [0.05, 0.1) is 5.75 Å². The van der Waals surface area contributed by atoms with Gasteiger partial charge in [0.15, 0.2) is 0 Å². The van der Waals surface area contributed by atoms with Crippen LogP contribution in [0.3, 0.4) is 0 Å². The summed E-state index contributed by atoms with van der Waals surface area (Å²) in [4.78, 5) is 13.6. The average molecular weight is 312 g/mol. The van der Waals surface area contributed by atoms with Crippen LogP contribution in [0, 0.1) is 5.92 Å². The van der Waals surface area contributed by atoms with Crippen LogP contribution in [0.1, 0.15) is 40.0 Å². The summed E-state index contributed by atoms with van der Waals surface area (Å²) in [6.07, 6.45) is 1.95. The van der Waals surface area contributed by atoms with Crippen molar-refractivity contribution in [3.63, 3.8) is 0 Å². The normalized spacial score (nSPS) is 21.3. The van der Waals surface area contributed by atoms with E-state index in [2.05, 4.69) is 0 Å². The van der Waals surface area contributed by atoms with Crippen LogP contribution in [0.15, 0.2) is 0 Å². The number of halogens is 1. The predicted octanol–water partition coefficient (Wildman–Crippen LogP) is 2.59. The van der Waals surface area contributed by atoms with Gasteiger partial charge in [-0.15, -0.1) is 0 Å². The molecule has 1 unspecified atom stereocenters. The zero-order valence-corrected chi connectivity index (χ0v) is 13.3. The molecule has 0 radical (unpaired) electrons. The number of ether oxygens (including phenoxy) is 1. The van der Waals surface area contributed by atoms with E-state index in [1.165, 1.54) is 0 Å². The van der Waals surface area contributed by atoms with Crippen LogP contribution < -0.4 is 0 Å². The molecule has 0 aromatic carbocycles. The highest BCUT2D eigenvalue weighted by Crippen LogP contribution is 2.22. The van der Waals surface area contributed by atoms with Crippen molar-refractivity contribution in [3.05, 3.63) is 0 Å². The van der Waals surface area contributed by atoms with Gasteiger partial charge in [-0.1, -0.05) is 0 Å². The monoisotopic (exact) mass is 311 g/mol.